The molecule has 1 heterocycles. The number of alkyl carbamates (subject to hydrolysis) is 1. The van der Waals surface area contributed by atoms with Gasteiger partial charge >= 0.3 is 6.09 Å². The zero-order chi connectivity index (χ0) is 7.56. The van der Waals surface area contributed by atoms with Crippen LogP contribution in [0.15, 0.2) is 12.7 Å². The molecule has 1 rings (SSSR count). The molecule has 0 aliphatic carbocycles. The molecule has 3 heteroatoms. The molecular formula is C7H11NO2. The molecule has 0 bridgehead atoms. The number of rotatable bonds is 2. The smallest absolute Gasteiger partial charge is 0.407 e. The van der Waals surface area contributed by atoms with Crippen molar-refractivity contribution >= 4 is 6.09 Å². The van der Waals surface area contributed by atoms with Crippen LogP contribution in [0, 0.1) is 0 Å². The predicted molar refractivity (Wildman–Crippen MR) is 37.7 cm³/mol. The van der Waals surface area contributed by atoms with E-state index in [2.05, 4.69) is 11.9 Å². The van der Waals surface area contributed by atoms with E-state index in [0.29, 0.717) is 0 Å². The molecule has 1 fully saturated rings. The van der Waals surface area contributed by atoms with Gasteiger partial charge < -0.3 is 10.1 Å². The first-order chi connectivity index (χ1) is 4.74. The first-order valence-corrected chi connectivity index (χ1v) is 3.32. The number of amides is 1. The zero-order valence-corrected chi connectivity index (χ0v) is 5.96. The fourth-order valence-corrected chi connectivity index (χ4v) is 0.984. The van der Waals surface area contributed by atoms with Crippen molar-refractivity contribution in [3.63, 3.8) is 0 Å². The summed E-state index contributed by atoms with van der Waals surface area (Å²) in [4.78, 5) is 10.6. The summed E-state index contributed by atoms with van der Waals surface area (Å²) in [5, 5.41) is 2.67. The third-order valence-electron chi connectivity index (χ3n) is 1.58. The Morgan fingerprint density at radius 3 is 3.00 bits per heavy atom. The van der Waals surface area contributed by atoms with E-state index in [-0.39, 0.29) is 18.2 Å². The average molecular weight is 141 g/mol. The molecule has 0 saturated carbocycles. The van der Waals surface area contributed by atoms with Gasteiger partial charge in [0.15, 0.2) is 0 Å². The van der Waals surface area contributed by atoms with Crippen LogP contribution in [0.1, 0.15) is 13.3 Å². The number of hydrogen-bond acceptors (Lipinski definition) is 2. The summed E-state index contributed by atoms with van der Waals surface area (Å²) in [5.74, 6) is 0. The molecule has 1 saturated heterocycles. The molecule has 2 atom stereocenters. The van der Waals surface area contributed by atoms with Crippen molar-refractivity contribution < 1.29 is 9.53 Å². The summed E-state index contributed by atoms with van der Waals surface area (Å²) in [7, 11) is 0. The quantitative estimate of drug-likeness (QED) is 0.584. The minimum absolute atomic E-state index is 0.0227. The zero-order valence-electron chi connectivity index (χ0n) is 5.96. The predicted octanol–water partition coefficient (Wildman–Crippen LogP) is 1.06. The number of nitrogens with one attached hydrogen (secondary N) is 1. The standard InChI is InChI=1S/C7H11NO2/c1-3-4-6-5(2)10-7(9)8-6/h3,5-6H,1,4H2,2H3,(H,8,9)/t5-,6+/m1/s1. The molecule has 0 aromatic heterocycles. The first kappa shape index (κ1) is 7.12. The summed E-state index contributed by atoms with van der Waals surface area (Å²) in [5.41, 5.74) is 0. The highest BCUT2D eigenvalue weighted by Gasteiger charge is 2.28. The Morgan fingerprint density at radius 1 is 1.90 bits per heavy atom. The van der Waals surface area contributed by atoms with Crippen LogP contribution < -0.4 is 5.32 Å². The molecule has 0 aromatic rings. The molecule has 1 N–H and O–H groups in total. The van der Waals surface area contributed by atoms with Crippen molar-refractivity contribution in [3.8, 4) is 0 Å². The second-order valence-electron chi connectivity index (χ2n) is 2.39. The fraction of sp³-hybridized carbons (Fsp3) is 0.571. The van der Waals surface area contributed by atoms with Crippen LogP contribution in [0.4, 0.5) is 4.79 Å². The Balaban J connectivity index is 2.45. The highest BCUT2D eigenvalue weighted by molar-refractivity contribution is 5.70. The number of ether oxygens (including phenoxy) is 1. The Hall–Kier alpha value is -0.990. The van der Waals surface area contributed by atoms with Crippen LogP contribution in [-0.2, 0) is 4.74 Å². The maximum Gasteiger partial charge on any atom is 0.407 e. The van der Waals surface area contributed by atoms with E-state index in [1.54, 1.807) is 6.08 Å². The van der Waals surface area contributed by atoms with Crippen LogP contribution >= 0.6 is 0 Å². The third-order valence-corrected chi connectivity index (χ3v) is 1.58. The van der Waals surface area contributed by atoms with Gasteiger partial charge in [-0.2, -0.15) is 0 Å². The molecule has 1 amide bonds. The molecule has 10 heavy (non-hydrogen) atoms. The van der Waals surface area contributed by atoms with E-state index in [1.165, 1.54) is 0 Å². The van der Waals surface area contributed by atoms with Gasteiger partial charge in [-0.05, 0) is 13.3 Å². The van der Waals surface area contributed by atoms with Gasteiger partial charge in [-0.25, -0.2) is 4.79 Å². The fourth-order valence-electron chi connectivity index (χ4n) is 0.984. The minimum atomic E-state index is -0.320. The lowest BCUT2D eigenvalue weighted by molar-refractivity contribution is 0.141. The third kappa shape index (κ3) is 1.29. The summed E-state index contributed by atoms with van der Waals surface area (Å²) in [6.45, 7) is 5.44. The van der Waals surface area contributed by atoms with Crippen LogP contribution in [0.3, 0.4) is 0 Å². The lowest BCUT2D eigenvalue weighted by Gasteiger charge is -2.08. The van der Waals surface area contributed by atoms with Gasteiger partial charge in [0.1, 0.15) is 6.10 Å². The second-order valence-corrected chi connectivity index (χ2v) is 2.39. The topological polar surface area (TPSA) is 38.3 Å². The van der Waals surface area contributed by atoms with E-state index < -0.39 is 0 Å². The summed E-state index contributed by atoms with van der Waals surface area (Å²) >= 11 is 0. The lowest BCUT2D eigenvalue weighted by atomic mass is 10.1. The maximum atomic E-state index is 10.6. The van der Waals surface area contributed by atoms with Gasteiger partial charge in [0.2, 0.25) is 0 Å². The summed E-state index contributed by atoms with van der Waals surface area (Å²) in [6.07, 6.45) is 2.20. The van der Waals surface area contributed by atoms with Crippen molar-refractivity contribution in [3.05, 3.63) is 12.7 Å². The highest BCUT2D eigenvalue weighted by atomic mass is 16.6. The number of carbonyl (C=O) groups is 1. The number of carbonyl (C=O) groups excluding carboxylic acids is 1. The monoisotopic (exact) mass is 141 g/mol. The van der Waals surface area contributed by atoms with Gasteiger partial charge in [-0.1, -0.05) is 6.08 Å². The van der Waals surface area contributed by atoms with Crippen molar-refractivity contribution in [2.24, 2.45) is 0 Å². The Bertz CT molecular complexity index is 156. The van der Waals surface area contributed by atoms with E-state index in [0.717, 1.165) is 6.42 Å². The van der Waals surface area contributed by atoms with Crippen LogP contribution in [0.5, 0.6) is 0 Å². The van der Waals surface area contributed by atoms with Crippen molar-refractivity contribution in [2.75, 3.05) is 0 Å². The van der Waals surface area contributed by atoms with Gasteiger partial charge in [0, 0.05) is 0 Å². The van der Waals surface area contributed by atoms with Gasteiger partial charge in [0.25, 0.3) is 0 Å². The van der Waals surface area contributed by atoms with E-state index in [9.17, 15) is 4.79 Å². The average Bonchev–Trinajstić information content (AvgIpc) is 2.13. The molecular weight excluding hydrogens is 130 g/mol. The molecule has 3 nitrogen and oxygen atoms in total. The van der Waals surface area contributed by atoms with Crippen LogP contribution in [0.2, 0.25) is 0 Å². The van der Waals surface area contributed by atoms with Gasteiger partial charge in [-0.3, -0.25) is 0 Å². The normalized spacial score (nSPS) is 31.1. The van der Waals surface area contributed by atoms with Crippen LogP contribution in [-0.4, -0.2) is 18.2 Å². The van der Waals surface area contributed by atoms with Crippen LogP contribution in [0.25, 0.3) is 0 Å². The van der Waals surface area contributed by atoms with E-state index in [4.69, 9.17) is 4.74 Å². The molecule has 0 spiro atoms. The number of hydrogen-bond donors (Lipinski definition) is 1. The van der Waals surface area contributed by atoms with Crippen molar-refractivity contribution in [2.45, 2.75) is 25.5 Å². The molecule has 0 unspecified atom stereocenters. The van der Waals surface area contributed by atoms with Crippen molar-refractivity contribution in [1.29, 1.82) is 0 Å². The van der Waals surface area contributed by atoms with Gasteiger partial charge in [0.05, 0.1) is 6.04 Å². The second kappa shape index (κ2) is 2.73. The minimum Gasteiger partial charge on any atom is -0.444 e. The molecule has 1 aliphatic rings. The highest BCUT2D eigenvalue weighted by Crippen LogP contribution is 2.10. The molecule has 56 valence electrons. The summed E-state index contributed by atoms with van der Waals surface area (Å²) in [6, 6.07) is 0.116. The largest absolute Gasteiger partial charge is 0.444 e. The first-order valence-electron chi connectivity index (χ1n) is 3.32. The van der Waals surface area contributed by atoms with E-state index in [1.807, 2.05) is 6.92 Å². The number of cyclic esters (lactones) is 1. The van der Waals surface area contributed by atoms with Gasteiger partial charge in [-0.15, -0.1) is 6.58 Å². The molecule has 0 aromatic carbocycles. The SMILES string of the molecule is C=CC[C@@H]1NC(=O)O[C@@H]1C. The lowest BCUT2D eigenvalue weighted by Crippen LogP contribution is -2.28. The van der Waals surface area contributed by atoms with E-state index >= 15 is 0 Å². The summed E-state index contributed by atoms with van der Waals surface area (Å²) < 4.78 is 4.83. The molecule has 1 aliphatic heterocycles. The Morgan fingerprint density at radius 2 is 2.60 bits per heavy atom. The Labute approximate surface area is 60.1 Å². The van der Waals surface area contributed by atoms with Crippen molar-refractivity contribution in [1.82, 2.24) is 5.32 Å². The Kier molecular flexibility index (Phi) is 1.94. The molecule has 0 radical (unpaired) electrons. The maximum absolute atomic E-state index is 10.6.